The lowest BCUT2D eigenvalue weighted by molar-refractivity contribution is 0.533. The van der Waals surface area contributed by atoms with E-state index < -0.39 is 5.82 Å². The molecule has 1 aromatic carbocycles. The highest BCUT2D eigenvalue weighted by atomic mass is 79.9. The lowest BCUT2D eigenvalue weighted by Crippen LogP contribution is -2.24. The van der Waals surface area contributed by atoms with Crippen LogP contribution in [0.5, 0.6) is 0 Å². The van der Waals surface area contributed by atoms with Crippen molar-refractivity contribution in [1.29, 1.82) is 0 Å². The summed E-state index contributed by atoms with van der Waals surface area (Å²) < 4.78 is 14.2. The molecule has 2 rings (SSSR count). The van der Waals surface area contributed by atoms with Crippen LogP contribution in [0.15, 0.2) is 41.0 Å². The smallest absolute Gasteiger partial charge is 0.141 e. The van der Waals surface area contributed by atoms with E-state index in [-0.39, 0.29) is 11.1 Å². The standard InChI is InChI=1S/C15H15BrClFN2/c1-2-19-14(15-11(16)4-3-7-20-15)9-10-5-6-13(18)12(17)8-10/h3-8,14,19H,2,9H2,1H3. The highest BCUT2D eigenvalue weighted by Gasteiger charge is 2.16. The van der Waals surface area contributed by atoms with Crippen LogP contribution in [0.2, 0.25) is 5.02 Å². The normalized spacial score (nSPS) is 12.4. The van der Waals surface area contributed by atoms with Crippen molar-refractivity contribution in [2.75, 3.05) is 6.54 Å². The van der Waals surface area contributed by atoms with E-state index in [9.17, 15) is 4.39 Å². The van der Waals surface area contributed by atoms with E-state index in [1.807, 2.05) is 19.1 Å². The van der Waals surface area contributed by atoms with E-state index in [0.717, 1.165) is 22.3 Å². The second kappa shape index (κ2) is 7.16. The molecule has 0 saturated heterocycles. The van der Waals surface area contributed by atoms with Crippen LogP contribution >= 0.6 is 27.5 Å². The SMILES string of the molecule is CCNC(Cc1ccc(F)c(Cl)c1)c1ncccc1Br. The van der Waals surface area contributed by atoms with Crippen LogP contribution < -0.4 is 5.32 Å². The number of benzene rings is 1. The summed E-state index contributed by atoms with van der Waals surface area (Å²) in [5.74, 6) is -0.394. The molecule has 1 aromatic heterocycles. The quantitative estimate of drug-likeness (QED) is 0.850. The van der Waals surface area contributed by atoms with Crippen molar-refractivity contribution in [3.8, 4) is 0 Å². The third-order valence-corrected chi connectivity index (χ3v) is 3.95. The van der Waals surface area contributed by atoms with Crippen molar-refractivity contribution in [3.05, 3.63) is 63.1 Å². The van der Waals surface area contributed by atoms with E-state index in [1.165, 1.54) is 6.07 Å². The largest absolute Gasteiger partial charge is 0.309 e. The van der Waals surface area contributed by atoms with Gasteiger partial charge in [0.15, 0.2) is 0 Å². The molecule has 0 aliphatic heterocycles. The summed E-state index contributed by atoms with van der Waals surface area (Å²) in [6.45, 7) is 2.87. The van der Waals surface area contributed by atoms with Gasteiger partial charge in [-0.3, -0.25) is 4.98 Å². The van der Waals surface area contributed by atoms with Crippen LogP contribution in [0.3, 0.4) is 0 Å². The maximum Gasteiger partial charge on any atom is 0.141 e. The van der Waals surface area contributed by atoms with E-state index in [0.29, 0.717) is 6.42 Å². The Hall–Kier alpha value is -0.970. The third-order valence-electron chi connectivity index (χ3n) is 2.99. The predicted octanol–water partition coefficient (Wildman–Crippen LogP) is 4.53. The summed E-state index contributed by atoms with van der Waals surface area (Å²) >= 11 is 9.35. The zero-order valence-electron chi connectivity index (χ0n) is 11.0. The minimum absolute atomic E-state index is 0.0529. The zero-order valence-corrected chi connectivity index (χ0v) is 13.4. The molecule has 0 amide bonds. The summed E-state index contributed by atoms with van der Waals surface area (Å²) in [5.41, 5.74) is 1.91. The molecule has 2 nitrogen and oxygen atoms in total. The first kappa shape index (κ1) is 15.4. The molecule has 0 spiro atoms. The van der Waals surface area contributed by atoms with Crippen LogP contribution in [0.25, 0.3) is 0 Å². The monoisotopic (exact) mass is 356 g/mol. The summed E-state index contributed by atoms with van der Waals surface area (Å²) in [4.78, 5) is 4.42. The van der Waals surface area contributed by atoms with Crippen LogP contribution in [-0.2, 0) is 6.42 Å². The van der Waals surface area contributed by atoms with Gasteiger partial charge in [-0.25, -0.2) is 4.39 Å². The van der Waals surface area contributed by atoms with E-state index in [2.05, 4.69) is 26.2 Å². The maximum atomic E-state index is 13.2. The van der Waals surface area contributed by atoms with Gasteiger partial charge < -0.3 is 5.32 Å². The molecular weight excluding hydrogens is 343 g/mol. The molecule has 106 valence electrons. The molecule has 0 saturated carbocycles. The Labute approximate surface area is 131 Å². The maximum absolute atomic E-state index is 13.2. The lowest BCUT2D eigenvalue weighted by Gasteiger charge is -2.19. The van der Waals surface area contributed by atoms with Crippen LogP contribution in [-0.4, -0.2) is 11.5 Å². The first-order chi connectivity index (χ1) is 9.61. The molecule has 1 heterocycles. The summed E-state index contributed by atoms with van der Waals surface area (Å²) in [5, 5.41) is 3.54. The minimum Gasteiger partial charge on any atom is -0.309 e. The Morgan fingerprint density at radius 1 is 1.40 bits per heavy atom. The van der Waals surface area contributed by atoms with Gasteiger partial charge in [-0.1, -0.05) is 24.6 Å². The van der Waals surface area contributed by atoms with E-state index in [1.54, 1.807) is 18.3 Å². The fraction of sp³-hybridized carbons (Fsp3) is 0.267. The molecule has 5 heteroatoms. The number of aromatic nitrogens is 1. The van der Waals surface area contributed by atoms with Crippen molar-refractivity contribution >= 4 is 27.5 Å². The van der Waals surface area contributed by atoms with E-state index in [4.69, 9.17) is 11.6 Å². The molecule has 0 aliphatic carbocycles. The molecule has 1 unspecified atom stereocenters. The first-order valence-corrected chi connectivity index (χ1v) is 7.56. The van der Waals surface area contributed by atoms with Gasteiger partial charge in [-0.05, 0) is 58.7 Å². The van der Waals surface area contributed by atoms with Gasteiger partial charge in [-0.15, -0.1) is 0 Å². The van der Waals surface area contributed by atoms with E-state index >= 15 is 0 Å². The average Bonchev–Trinajstić information content (AvgIpc) is 2.43. The number of rotatable bonds is 5. The van der Waals surface area contributed by atoms with Gasteiger partial charge in [-0.2, -0.15) is 0 Å². The highest BCUT2D eigenvalue weighted by molar-refractivity contribution is 9.10. The molecule has 0 fully saturated rings. The number of likely N-dealkylation sites (N-methyl/N-ethyl adjacent to an activating group) is 1. The molecule has 1 atom stereocenters. The number of nitrogens with zero attached hydrogens (tertiary/aromatic N) is 1. The van der Waals surface area contributed by atoms with Gasteiger partial charge in [0.1, 0.15) is 5.82 Å². The van der Waals surface area contributed by atoms with Crippen molar-refractivity contribution in [2.45, 2.75) is 19.4 Å². The lowest BCUT2D eigenvalue weighted by atomic mass is 10.0. The number of hydrogen-bond donors (Lipinski definition) is 1. The van der Waals surface area contributed by atoms with Crippen molar-refractivity contribution in [1.82, 2.24) is 10.3 Å². The van der Waals surface area contributed by atoms with Gasteiger partial charge in [0.05, 0.1) is 16.8 Å². The first-order valence-electron chi connectivity index (χ1n) is 6.39. The van der Waals surface area contributed by atoms with Gasteiger partial charge in [0.25, 0.3) is 0 Å². The predicted molar refractivity (Wildman–Crippen MR) is 83.5 cm³/mol. The Kier molecular flexibility index (Phi) is 5.52. The van der Waals surface area contributed by atoms with Gasteiger partial charge in [0, 0.05) is 10.7 Å². The van der Waals surface area contributed by atoms with Crippen molar-refractivity contribution < 1.29 is 4.39 Å². The van der Waals surface area contributed by atoms with Gasteiger partial charge in [0.2, 0.25) is 0 Å². The second-order valence-corrected chi connectivity index (χ2v) is 5.69. The second-order valence-electron chi connectivity index (χ2n) is 4.43. The number of hydrogen-bond acceptors (Lipinski definition) is 2. The third kappa shape index (κ3) is 3.78. The fourth-order valence-corrected chi connectivity index (χ4v) is 2.80. The van der Waals surface area contributed by atoms with Crippen molar-refractivity contribution in [2.24, 2.45) is 0 Å². The van der Waals surface area contributed by atoms with Crippen LogP contribution in [0.1, 0.15) is 24.2 Å². The molecule has 20 heavy (non-hydrogen) atoms. The Balaban J connectivity index is 2.25. The average molecular weight is 358 g/mol. The summed E-state index contributed by atoms with van der Waals surface area (Å²) in [7, 11) is 0. The number of pyridine rings is 1. The van der Waals surface area contributed by atoms with Crippen LogP contribution in [0, 0.1) is 5.82 Å². The molecule has 2 aromatic rings. The zero-order chi connectivity index (χ0) is 14.5. The summed E-state index contributed by atoms with van der Waals surface area (Å²) in [6.07, 6.45) is 2.46. The Morgan fingerprint density at radius 2 is 2.20 bits per heavy atom. The highest BCUT2D eigenvalue weighted by Crippen LogP contribution is 2.25. The Bertz CT molecular complexity index is 592. The topological polar surface area (TPSA) is 24.9 Å². The minimum atomic E-state index is -0.394. The molecule has 0 bridgehead atoms. The van der Waals surface area contributed by atoms with Gasteiger partial charge >= 0.3 is 0 Å². The molecule has 1 N–H and O–H groups in total. The van der Waals surface area contributed by atoms with Crippen molar-refractivity contribution in [3.63, 3.8) is 0 Å². The van der Waals surface area contributed by atoms with Crippen LogP contribution in [0.4, 0.5) is 4.39 Å². The summed E-state index contributed by atoms with van der Waals surface area (Å²) in [6, 6.07) is 8.71. The molecule has 0 radical (unpaired) electrons. The fourth-order valence-electron chi connectivity index (χ4n) is 2.07. The molecule has 0 aliphatic rings. The Morgan fingerprint density at radius 3 is 2.85 bits per heavy atom. The molecular formula is C15H15BrClFN2. The number of halogens is 3. The number of nitrogens with one attached hydrogen (secondary N) is 1.